The summed E-state index contributed by atoms with van der Waals surface area (Å²) in [6.07, 6.45) is 6.87. The van der Waals surface area contributed by atoms with Crippen LogP contribution in [0.25, 0.3) is 0 Å². The van der Waals surface area contributed by atoms with Gasteiger partial charge in [0.1, 0.15) is 0 Å². The first-order chi connectivity index (χ1) is 10.6. The lowest BCUT2D eigenvalue weighted by Gasteiger charge is -2.51. The number of hydrogen-bond acceptors (Lipinski definition) is 3. The molecule has 5 nitrogen and oxygen atoms in total. The minimum absolute atomic E-state index is 0.00373. The second kappa shape index (κ2) is 5.22. The van der Waals surface area contributed by atoms with Crippen molar-refractivity contribution in [3.05, 3.63) is 0 Å². The van der Waals surface area contributed by atoms with Crippen molar-refractivity contribution >= 4 is 11.8 Å². The van der Waals surface area contributed by atoms with Gasteiger partial charge in [0.2, 0.25) is 11.8 Å². The first kappa shape index (κ1) is 14.5. The van der Waals surface area contributed by atoms with E-state index in [2.05, 4.69) is 6.92 Å². The van der Waals surface area contributed by atoms with Gasteiger partial charge in [-0.25, -0.2) is 0 Å². The summed E-state index contributed by atoms with van der Waals surface area (Å²) in [5, 5.41) is 0. The zero-order chi connectivity index (χ0) is 15.3. The molecule has 2 aliphatic carbocycles. The van der Waals surface area contributed by atoms with E-state index in [0.29, 0.717) is 25.6 Å². The van der Waals surface area contributed by atoms with Gasteiger partial charge in [-0.15, -0.1) is 0 Å². The quantitative estimate of drug-likeness (QED) is 0.778. The van der Waals surface area contributed by atoms with E-state index >= 15 is 0 Å². The van der Waals surface area contributed by atoms with Crippen molar-refractivity contribution < 1.29 is 14.3 Å². The Balaban J connectivity index is 1.44. The minimum atomic E-state index is -0.0527. The number of amides is 2. The average molecular weight is 306 g/mol. The van der Waals surface area contributed by atoms with E-state index in [-0.39, 0.29) is 29.4 Å². The Hall–Kier alpha value is -1.10. The van der Waals surface area contributed by atoms with Crippen molar-refractivity contribution in [2.24, 2.45) is 5.92 Å². The predicted octanol–water partition coefficient (Wildman–Crippen LogP) is 1.56. The number of morpholine rings is 1. The maximum atomic E-state index is 13.0. The van der Waals surface area contributed by atoms with Gasteiger partial charge < -0.3 is 14.5 Å². The van der Waals surface area contributed by atoms with E-state index in [4.69, 9.17) is 4.74 Å². The highest BCUT2D eigenvalue weighted by Crippen LogP contribution is 2.40. The van der Waals surface area contributed by atoms with Crippen LogP contribution in [0.4, 0.5) is 0 Å². The van der Waals surface area contributed by atoms with Crippen LogP contribution in [-0.2, 0) is 14.3 Å². The molecule has 5 heteroatoms. The summed E-state index contributed by atoms with van der Waals surface area (Å²) in [5.74, 6) is 0.494. The molecule has 2 saturated carbocycles. The summed E-state index contributed by atoms with van der Waals surface area (Å²) in [6, 6.07) is 0.578. The van der Waals surface area contributed by atoms with Gasteiger partial charge in [0.15, 0.2) is 0 Å². The second-order valence-corrected chi connectivity index (χ2v) is 7.68. The monoisotopic (exact) mass is 306 g/mol. The van der Waals surface area contributed by atoms with Crippen molar-refractivity contribution in [3.63, 3.8) is 0 Å². The highest BCUT2D eigenvalue weighted by Gasteiger charge is 2.47. The third-order valence-electron chi connectivity index (χ3n) is 5.95. The average Bonchev–Trinajstić information content (AvgIpc) is 3.31. The summed E-state index contributed by atoms with van der Waals surface area (Å²) >= 11 is 0. The largest absolute Gasteiger partial charge is 0.371 e. The Morgan fingerprint density at radius 1 is 1.27 bits per heavy atom. The summed E-state index contributed by atoms with van der Waals surface area (Å²) < 4.78 is 6.01. The minimum Gasteiger partial charge on any atom is -0.371 e. The molecule has 2 amide bonds. The van der Waals surface area contributed by atoms with E-state index in [9.17, 15) is 9.59 Å². The lowest BCUT2D eigenvalue weighted by atomic mass is 9.78. The Morgan fingerprint density at radius 3 is 2.68 bits per heavy atom. The van der Waals surface area contributed by atoms with Gasteiger partial charge in [-0.3, -0.25) is 9.59 Å². The van der Waals surface area contributed by atoms with Gasteiger partial charge in [0.05, 0.1) is 30.7 Å². The summed E-state index contributed by atoms with van der Waals surface area (Å²) in [5.41, 5.74) is -0.0527. The molecule has 1 spiro atoms. The molecule has 2 atom stereocenters. The van der Waals surface area contributed by atoms with Crippen molar-refractivity contribution in [3.8, 4) is 0 Å². The topological polar surface area (TPSA) is 49.9 Å². The fourth-order valence-electron chi connectivity index (χ4n) is 4.11. The lowest BCUT2D eigenvalue weighted by Crippen LogP contribution is -2.62. The number of carbonyl (C=O) groups is 2. The van der Waals surface area contributed by atoms with Crippen LogP contribution in [0.1, 0.15) is 51.9 Å². The third kappa shape index (κ3) is 2.43. The molecule has 2 saturated heterocycles. The molecule has 0 N–H and O–H groups in total. The van der Waals surface area contributed by atoms with E-state index < -0.39 is 0 Å². The first-order valence-electron chi connectivity index (χ1n) is 8.82. The summed E-state index contributed by atoms with van der Waals surface area (Å²) in [7, 11) is 0. The Kier molecular flexibility index (Phi) is 3.44. The molecule has 4 aliphatic rings. The molecular formula is C17H26N2O3. The number of likely N-dealkylation sites (tertiary alicyclic amines) is 1. The SMILES string of the molecule is CC1COC2(CCC2)CN1C(=O)C1CCC(=O)N(C2CC2)C1. The zero-order valence-corrected chi connectivity index (χ0v) is 13.4. The number of piperidine rings is 1. The second-order valence-electron chi connectivity index (χ2n) is 7.68. The van der Waals surface area contributed by atoms with Crippen LogP contribution < -0.4 is 0 Å². The van der Waals surface area contributed by atoms with Crippen molar-refractivity contribution in [1.29, 1.82) is 0 Å². The molecule has 2 heterocycles. The Labute approximate surface area is 132 Å². The van der Waals surface area contributed by atoms with Gasteiger partial charge in [-0.1, -0.05) is 0 Å². The molecule has 122 valence electrons. The van der Waals surface area contributed by atoms with E-state index in [1.807, 2.05) is 9.80 Å². The normalized spacial score (nSPS) is 34.7. The third-order valence-corrected chi connectivity index (χ3v) is 5.95. The van der Waals surface area contributed by atoms with Crippen LogP contribution in [0.5, 0.6) is 0 Å². The molecule has 0 radical (unpaired) electrons. The number of nitrogens with zero attached hydrogens (tertiary/aromatic N) is 2. The molecule has 2 unspecified atom stereocenters. The number of ether oxygens (including phenoxy) is 1. The van der Waals surface area contributed by atoms with Crippen LogP contribution in [0.2, 0.25) is 0 Å². The molecule has 0 aromatic heterocycles. The number of hydrogen-bond donors (Lipinski definition) is 0. The first-order valence-corrected chi connectivity index (χ1v) is 8.82. The summed E-state index contributed by atoms with van der Waals surface area (Å²) in [4.78, 5) is 29.1. The maximum Gasteiger partial charge on any atom is 0.227 e. The highest BCUT2D eigenvalue weighted by atomic mass is 16.5. The molecule has 0 aromatic carbocycles. The fourth-order valence-corrected chi connectivity index (χ4v) is 4.11. The van der Waals surface area contributed by atoms with Gasteiger partial charge in [-0.2, -0.15) is 0 Å². The molecule has 4 fully saturated rings. The molecule has 2 aliphatic heterocycles. The summed E-state index contributed by atoms with van der Waals surface area (Å²) in [6.45, 7) is 4.13. The molecule has 0 bridgehead atoms. The Morgan fingerprint density at radius 2 is 2.05 bits per heavy atom. The van der Waals surface area contributed by atoms with Crippen molar-refractivity contribution in [2.75, 3.05) is 19.7 Å². The van der Waals surface area contributed by atoms with E-state index in [1.165, 1.54) is 6.42 Å². The zero-order valence-electron chi connectivity index (χ0n) is 13.4. The number of rotatable bonds is 2. The number of carbonyl (C=O) groups excluding carboxylic acids is 2. The van der Waals surface area contributed by atoms with Crippen LogP contribution >= 0.6 is 0 Å². The van der Waals surface area contributed by atoms with Gasteiger partial charge in [0, 0.05) is 19.0 Å². The molecule has 0 aromatic rings. The fraction of sp³-hybridized carbons (Fsp3) is 0.882. The van der Waals surface area contributed by atoms with Gasteiger partial charge >= 0.3 is 0 Å². The Bertz CT molecular complexity index is 484. The smallest absolute Gasteiger partial charge is 0.227 e. The standard InChI is InChI=1S/C17H26N2O3/c1-12-10-22-17(7-2-8-17)11-19(12)16(21)13-3-6-15(20)18(9-13)14-4-5-14/h12-14H,2-11H2,1H3. The van der Waals surface area contributed by atoms with E-state index in [1.54, 1.807) is 0 Å². The van der Waals surface area contributed by atoms with E-state index in [0.717, 1.165) is 38.6 Å². The van der Waals surface area contributed by atoms with Crippen LogP contribution in [0, 0.1) is 5.92 Å². The lowest BCUT2D eigenvalue weighted by molar-refractivity contribution is -0.183. The van der Waals surface area contributed by atoms with Crippen LogP contribution in [0.3, 0.4) is 0 Å². The van der Waals surface area contributed by atoms with Gasteiger partial charge in [0.25, 0.3) is 0 Å². The molecule has 22 heavy (non-hydrogen) atoms. The van der Waals surface area contributed by atoms with Gasteiger partial charge in [-0.05, 0) is 45.4 Å². The highest BCUT2D eigenvalue weighted by molar-refractivity contribution is 5.84. The van der Waals surface area contributed by atoms with Crippen molar-refractivity contribution in [2.45, 2.75) is 69.6 Å². The van der Waals surface area contributed by atoms with Crippen LogP contribution in [-0.4, -0.2) is 59.0 Å². The molecular weight excluding hydrogens is 280 g/mol. The maximum absolute atomic E-state index is 13.0. The predicted molar refractivity (Wildman–Crippen MR) is 81.2 cm³/mol. The van der Waals surface area contributed by atoms with Crippen molar-refractivity contribution in [1.82, 2.24) is 9.80 Å². The molecule has 4 rings (SSSR count). The van der Waals surface area contributed by atoms with Crippen LogP contribution in [0.15, 0.2) is 0 Å².